The number of aliphatic hydroxyl groups excluding tert-OH is 1. The molecule has 46 heavy (non-hydrogen) atoms. The molecule has 0 aliphatic carbocycles. The predicted molar refractivity (Wildman–Crippen MR) is 174 cm³/mol. The lowest BCUT2D eigenvalue weighted by molar-refractivity contribution is 0.199. The smallest absolute Gasteiger partial charge is 0.239 e. The van der Waals surface area contributed by atoms with Crippen molar-refractivity contribution >= 4 is 11.0 Å². The number of phenols is 1. The Hall–Kier alpha value is -5.73. The van der Waals surface area contributed by atoms with Gasteiger partial charge in [-0.05, 0) is 34.9 Å². The highest BCUT2D eigenvalue weighted by Crippen LogP contribution is 2.40. The van der Waals surface area contributed by atoms with Crippen molar-refractivity contribution in [1.82, 2.24) is 0 Å². The molecular formula is C38H32O8. The van der Waals surface area contributed by atoms with Gasteiger partial charge in [-0.1, -0.05) is 91.0 Å². The van der Waals surface area contributed by atoms with Crippen LogP contribution in [-0.2, 0) is 19.8 Å². The van der Waals surface area contributed by atoms with E-state index in [-0.39, 0.29) is 54.7 Å². The van der Waals surface area contributed by atoms with Gasteiger partial charge in [-0.2, -0.15) is 0 Å². The first-order chi connectivity index (χ1) is 22.6. The summed E-state index contributed by atoms with van der Waals surface area (Å²) in [6.07, 6.45) is 0. The van der Waals surface area contributed by atoms with Crippen molar-refractivity contribution in [1.29, 1.82) is 0 Å². The van der Waals surface area contributed by atoms with E-state index >= 15 is 0 Å². The molecule has 232 valence electrons. The number of phenolic OH excluding ortho intramolecular Hbond substituents is 1. The fourth-order valence-corrected chi connectivity index (χ4v) is 4.90. The van der Waals surface area contributed by atoms with E-state index in [1.54, 1.807) is 24.3 Å². The molecule has 0 saturated carbocycles. The van der Waals surface area contributed by atoms with Crippen LogP contribution in [0.1, 0.15) is 16.7 Å². The molecule has 0 amide bonds. The maximum absolute atomic E-state index is 13.7. The van der Waals surface area contributed by atoms with Crippen LogP contribution in [0.4, 0.5) is 0 Å². The molecule has 0 aliphatic rings. The Morgan fingerprint density at radius 3 is 1.76 bits per heavy atom. The Morgan fingerprint density at radius 2 is 1.17 bits per heavy atom. The lowest BCUT2D eigenvalue weighted by atomic mass is 10.1. The highest BCUT2D eigenvalue weighted by atomic mass is 16.5. The molecule has 0 bridgehead atoms. The number of hydrogen-bond donors (Lipinski definition) is 2. The Morgan fingerprint density at radius 1 is 0.609 bits per heavy atom. The highest BCUT2D eigenvalue weighted by Gasteiger charge is 2.22. The van der Waals surface area contributed by atoms with Gasteiger partial charge >= 0.3 is 0 Å². The lowest BCUT2D eigenvalue weighted by Gasteiger charge is -2.16. The average Bonchev–Trinajstić information content (AvgIpc) is 3.09. The van der Waals surface area contributed by atoms with E-state index in [4.69, 9.17) is 23.4 Å². The van der Waals surface area contributed by atoms with Gasteiger partial charge in [-0.25, -0.2) is 0 Å². The van der Waals surface area contributed by atoms with Crippen LogP contribution in [-0.4, -0.2) is 23.4 Å². The Balaban J connectivity index is 1.40. The largest absolute Gasteiger partial charge is 0.507 e. The van der Waals surface area contributed by atoms with Gasteiger partial charge in [0.05, 0.1) is 6.61 Å². The van der Waals surface area contributed by atoms with Gasteiger partial charge in [0.15, 0.2) is 17.3 Å². The van der Waals surface area contributed by atoms with E-state index in [0.717, 1.165) is 16.7 Å². The molecule has 8 nitrogen and oxygen atoms in total. The molecule has 6 rings (SSSR count). The van der Waals surface area contributed by atoms with Crippen LogP contribution in [0.5, 0.6) is 28.7 Å². The van der Waals surface area contributed by atoms with Gasteiger partial charge < -0.3 is 33.6 Å². The molecule has 0 saturated heterocycles. The molecular weight excluding hydrogens is 584 g/mol. The zero-order chi connectivity index (χ0) is 31.7. The minimum atomic E-state index is -0.590. The molecule has 8 heteroatoms. The molecule has 2 N–H and O–H groups in total. The molecule has 0 atom stereocenters. The van der Waals surface area contributed by atoms with E-state index in [0.29, 0.717) is 29.4 Å². The second kappa shape index (κ2) is 14.4. The first-order valence-corrected chi connectivity index (χ1v) is 14.8. The van der Waals surface area contributed by atoms with E-state index in [1.165, 1.54) is 6.07 Å². The van der Waals surface area contributed by atoms with Gasteiger partial charge in [0.1, 0.15) is 48.9 Å². The number of aromatic hydroxyl groups is 1. The molecule has 5 aromatic carbocycles. The van der Waals surface area contributed by atoms with Gasteiger partial charge in [0.25, 0.3) is 0 Å². The van der Waals surface area contributed by atoms with Gasteiger partial charge in [0, 0.05) is 17.7 Å². The van der Waals surface area contributed by atoms with Crippen LogP contribution in [0.3, 0.4) is 0 Å². The second-order valence-electron chi connectivity index (χ2n) is 10.5. The molecule has 0 radical (unpaired) electrons. The zero-order valence-corrected chi connectivity index (χ0v) is 24.9. The topological polar surface area (TPSA) is 108 Å². The van der Waals surface area contributed by atoms with Crippen LogP contribution in [0.25, 0.3) is 22.3 Å². The normalized spacial score (nSPS) is 10.9. The van der Waals surface area contributed by atoms with Gasteiger partial charge in [-0.3, -0.25) is 4.79 Å². The van der Waals surface area contributed by atoms with Crippen molar-refractivity contribution in [2.45, 2.75) is 19.8 Å². The fraction of sp³-hybridized carbons (Fsp3) is 0.132. The van der Waals surface area contributed by atoms with Crippen LogP contribution in [0.15, 0.2) is 131 Å². The maximum atomic E-state index is 13.7. The molecule has 0 fully saturated rings. The summed E-state index contributed by atoms with van der Waals surface area (Å²) in [6, 6.07) is 37.2. The standard InChI is InChI=1S/C38H32O8/c39-18-19-42-38-36(41)35-31(40)21-30(43-23-26-10-4-1-5-11-26)22-34(35)46-37(38)29-16-17-32(44-24-27-12-6-2-7-13-27)33(20-29)45-25-28-14-8-3-9-15-28/h1-17,20-22,39-40H,18-19,23-25H2. The average molecular weight is 617 g/mol. The van der Waals surface area contributed by atoms with Crippen molar-refractivity contribution in [2.75, 3.05) is 13.2 Å². The van der Waals surface area contributed by atoms with Gasteiger partial charge in [0.2, 0.25) is 11.2 Å². The van der Waals surface area contributed by atoms with E-state index in [1.807, 2.05) is 91.0 Å². The molecule has 1 aromatic heterocycles. The van der Waals surface area contributed by atoms with Crippen molar-refractivity contribution in [2.24, 2.45) is 0 Å². The summed E-state index contributed by atoms with van der Waals surface area (Å²) in [5.41, 5.74) is 2.88. The van der Waals surface area contributed by atoms with Crippen molar-refractivity contribution in [3.8, 4) is 40.1 Å². The summed E-state index contributed by atoms with van der Waals surface area (Å²) in [5, 5.41) is 20.3. The number of hydrogen-bond acceptors (Lipinski definition) is 8. The monoisotopic (exact) mass is 616 g/mol. The van der Waals surface area contributed by atoms with Crippen molar-refractivity contribution in [3.05, 3.63) is 148 Å². The third-order valence-electron chi connectivity index (χ3n) is 7.17. The molecule has 0 unspecified atom stereocenters. The van der Waals surface area contributed by atoms with E-state index < -0.39 is 5.43 Å². The Labute approximate surface area is 265 Å². The number of aliphatic hydroxyl groups is 1. The fourth-order valence-electron chi connectivity index (χ4n) is 4.90. The molecule has 0 aliphatic heterocycles. The maximum Gasteiger partial charge on any atom is 0.239 e. The van der Waals surface area contributed by atoms with Crippen molar-refractivity contribution in [3.63, 3.8) is 0 Å². The number of fused-ring (bicyclic) bond motifs is 1. The molecule has 0 spiro atoms. The van der Waals surface area contributed by atoms with Crippen molar-refractivity contribution < 1.29 is 33.6 Å². The Kier molecular flexibility index (Phi) is 9.46. The molecule has 1 heterocycles. The van der Waals surface area contributed by atoms with Crippen LogP contribution in [0, 0.1) is 0 Å². The SMILES string of the molecule is O=c1c(OCCO)c(-c2ccc(OCc3ccccc3)c(OCc3ccccc3)c2)oc2cc(OCc3ccccc3)cc(O)c12. The number of ether oxygens (including phenoxy) is 4. The summed E-state index contributed by atoms with van der Waals surface area (Å²) in [6.45, 7) is 0.373. The minimum Gasteiger partial charge on any atom is -0.507 e. The summed E-state index contributed by atoms with van der Waals surface area (Å²) < 4.78 is 30.3. The lowest BCUT2D eigenvalue weighted by Crippen LogP contribution is -2.13. The summed E-state index contributed by atoms with van der Waals surface area (Å²) in [4.78, 5) is 13.7. The first kappa shape index (κ1) is 30.3. The number of benzene rings is 5. The summed E-state index contributed by atoms with van der Waals surface area (Å²) >= 11 is 0. The van der Waals surface area contributed by atoms with Crippen LogP contribution < -0.4 is 24.4 Å². The third kappa shape index (κ3) is 7.14. The number of rotatable bonds is 13. The van der Waals surface area contributed by atoms with E-state index in [2.05, 4.69) is 0 Å². The summed E-state index contributed by atoms with van der Waals surface area (Å²) in [5.74, 6) is 0.885. The van der Waals surface area contributed by atoms with E-state index in [9.17, 15) is 15.0 Å². The van der Waals surface area contributed by atoms with Gasteiger partial charge in [-0.15, -0.1) is 0 Å². The van der Waals surface area contributed by atoms with Crippen LogP contribution in [0.2, 0.25) is 0 Å². The third-order valence-corrected chi connectivity index (χ3v) is 7.17. The van der Waals surface area contributed by atoms with Crippen LogP contribution >= 0.6 is 0 Å². The second-order valence-corrected chi connectivity index (χ2v) is 10.5. The Bertz CT molecular complexity index is 1960. The zero-order valence-electron chi connectivity index (χ0n) is 24.9. The highest BCUT2D eigenvalue weighted by molar-refractivity contribution is 5.88. The first-order valence-electron chi connectivity index (χ1n) is 14.8. The minimum absolute atomic E-state index is 0.0629. The molecule has 6 aromatic rings. The summed E-state index contributed by atoms with van der Waals surface area (Å²) in [7, 11) is 0. The predicted octanol–water partition coefficient (Wildman–Crippen LogP) is 7.27. The quantitative estimate of drug-likeness (QED) is 0.140.